The predicted octanol–water partition coefficient (Wildman–Crippen LogP) is 3.05. The smallest absolute Gasteiger partial charge is 0.183 e. The van der Waals surface area contributed by atoms with E-state index in [1.165, 1.54) is 12.1 Å². The maximum absolute atomic E-state index is 13.5. The lowest BCUT2D eigenvalue weighted by molar-refractivity contribution is 0.507. The summed E-state index contributed by atoms with van der Waals surface area (Å²) in [7, 11) is 0. The molecule has 0 aliphatic heterocycles. The molecule has 1 rings (SSSR count). The summed E-state index contributed by atoms with van der Waals surface area (Å²) in [6, 6.07) is 3.77. The average molecular weight is 234 g/mol. The predicted molar refractivity (Wildman–Crippen MR) is 62.2 cm³/mol. The summed E-state index contributed by atoms with van der Waals surface area (Å²) in [6.45, 7) is 1.95. The van der Waals surface area contributed by atoms with Crippen LogP contribution in [-0.4, -0.2) is 6.04 Å². The summed E-state index contributed by atoms with van der Waals surface area (Å²) >= 11 is 0. The van der Waals surface area contributed by atoms with E-state index in [0.29, 0.717) is 6.42 Å². The van der Waals surface area contributed by atoms with Gasteiger partial charge in [0.05, 0.1) is 17.3 Å². The summed E-state index contributed by atoms with van der Waals surface area (Å²) in [4.78, 5) is 0. The molecule has 1 N–H and O–H groups in total. The molecule has 1 atom stereocenters. The standard InChI is InChI=1S/C13H12F2N2/c1-3-5-10(4-2)17-11-7-6-9(8-16)12(14)13(11)15/h2,6-7,10,17H,3,5H2,1H3. The van der Waals surface area contributed by atoms with Crippen molar-refractivity contribution in [1.29, 1.82) is 5.26 Å². The number of hydrogen-bond acceptors (Lipinski definition) is 2. The minimum absolute atomic E-state index is 0.0158. The normalized spacial score (nSPS) is 11.4. The molecule has 0 bridgehead atoms. The minimum atomic E-state index is -1.15. The van der Waals surface area contributed by atoms with Gasteiger partial charge in [0.1, 0.15) is 6.07 Å². The van der Waals surface area contributed by atoms with Gasteiger partial charge in [-0.25, -0.2) is 8.78 Å². The van der Waals surface area contributed by atoms with E-state index < -0.39 is 11.6 Å². The molecule has 4 heteroatoms. The van der Waals surface area contributed by atoms with E-state index in [0.717, 1.165) is 6.42 Å². The van der Waals surface area contributed by atoms with Crippen LogP contribution >= 0.6 is 0 Å². The number of benzene rings is 1. The highest BCUT2D eigenvalue weighted by Crippen LogP contribution is 2.21. The second-order valence-electron chi connectivity index (χ2n) is 3.55. The molecular formula is C13H12F2N2. The van der Waals surface area contributed by atoms with Gasteiger partial charge in [0.25, 0.3) is 0 Å². The van der Waals surface area contributed by atoms with Crippen LogP contribution < -0.4 is 5.32 Å². The summed E-state index contributed by atoms with van der Waals surface area (Å²) in [5.41, 5.74) is -0.335. The Morgan fingerprint density at radius 1 is 1.41 bits per heavy atom. The Labute approximate surface area is 99.3 Å². The van der Waals surface area contributed by atoms with Crippen molar-refractivity contribution in [2.45, 2.75) is 25.8 Å². The van der Waals surface area contributed by atoms with Crippen LogP contribution in [0.5, 0.6) is 0 Å². The number of rotatable bonds is 4. The first-order chi connectivity index (χ1) is 8.13. The lowest BCUT2D eigenvalue weighted by Crippen LogP contribution is -2.18. The molecule has 0 fully saturated rings. The van der Waals surface area contributed by atoms with Crippen LogP contribution in [0.15, 0.2) is 12.1 Å². The lowest BCUT2D eigenvalue weighted by Gasteiger charge is -2.14. The van der Waals surface area contributed by atoms with Crippen molar-refractivity contribution >= 4 is 5.69 Å². The third-order valence-electron chi connectivity index (χ3n) is 2.31. The van der Waals surface area contributed by atoms with Crippen LogP contribution in [0.1, 0.15) is 25.3 Å². The third kappa shape index (κ3) is 2.95. The van der Waals surface area contributed by atoms with Crippen molar-refractivity contribution in [1.82, 2.24) is 0 Å². The van der Waals surface area contributed by atoms with E-state index in [2.05, 4.69) is 11.2 Å². The maximum atomic E-state index is 13.5. The van der Waals surface area contributed by atoms with Gasteiger partial charge < -0.3 is 5.32 Å². The Hall–Kier alpha value is -2.07. The number of terminal acetylenes is 1. The second-order valence-corrected chi connectivity index (χ2v) is 3.55. The topological polar surface area (TPSA) is 35.8 Å². The molecule has 0 aliphatic rings. The molecule has 17 heavy (non-hydrogen) atoms. The molecule has 0 saturated carbocycles. The van der Waals surface area contributed by atoms with Crippen LogP contribution in [0.3, 0.4) is 0 Å². The fraction of sp³-hybridized carbons (Fsp3) is 0.308. The van der Waals surface area contributed by atoms with Gasteiger partial charge in [-0.15, -0.1) is 6.42 Å². The first kappa shape index (κ1) is 13.0. The van der Waals surface area contributed by atoms with Crippen molar-refractivity contribution in [3.8, 4) is 18.4 Å². The zero-order chi connectivity index (χ0) is 12.8. The molecule has 0 aromatic heterocycles. The Bertz CT molecular complexity index is 483. The van der Waals surface area contributed by atoms with Crippen molar-refractivity contribution in [3.05, 3.63) is 29.3 Å². The summed E-state index contributed by atoms with van der Waals surface area (Å²) < 4.78 is 26.8. The van der Waals surface area contributed by atoms with Gasteiger partial charge in [0.2, 0.25) is 0 Å². The molecule has 88 valence electrons. The molecule has 1 aromatic rings. The van der Waals surface area contributed by atoms with Gasteiger partial charge in [-0.3, -0.25) is 0 Å². The summed E-state index contributed by atoms with van der Waals surface area (Å²) in [6.07, 6.45) is 6.77. The van der Waals surface area contributed by atoms with Crippen molar-refractivity contribution in [3.63, 3.8) is 0 Å². The number of nitrogens with zero attached hydrogens (tertiary/aromatic N) is 1. The monoisotopic (exact) mass is 234 g/mol. The molecule has 1 unspecified atom stereocenters. The van der Waals surface area contributed by atoms with Crippen molar-refractivity contribution < 1.29 is 8.78 Å². The van der Waals surface area contributed by atoms with E-state index in [4.69, 9.17) is 11.7 Å². The molecule has 0 heterocycles. The van der Waals surface area contributed by atoms with Gasteiger partial charge >= 0.3 is 0 Å². The number of nitrogens with one attached hydrogen (secondary N) is 1. The average Bonchev–Trinajstić information content (AvgIpc) is 2.34. The molecular weight excluding hydrogens is 222 g/mol. The van der Waals surface area contributed by atoms with Crippen LogP contribution in [0.25, 0.3) is 0 Å². The number of anilines is 1. The molecule has 0 saturated heterocycles. The van der Waals surface area contributed by atoms with E-state index in [-0.39, 0.29) is 17.3 Å². The van der Waals surface area contributed by atoms with Crippen molar-refractivity contribution in [2.75, 3.05) is 5.32 Å². The van der Waals surface area contributed by atoms with Crippen LogP contribution in [-0.2, 0) is 0 Å². The van der Waals surface area contributed by atoms with E-state index in [1.807, 2.05) is 6.92 Å². The van der Waals surface area contributed by atoms with E-state index in [9.17, 15) is 8.78 Å². The fourth-order valence-corrected chi connectivity index (χ4v) is 1.42. The van der Waals surface area contributed by atoms with Gasteiger partial charge in [-0.05, 0) is 18.6 Å². The molecule has 0 spiro atoms. The first-order valence-corrected chi connectivity index (χ1v) is 5.24. The Balaban J connectivity index is 2.98. The fourth-order valence-electron chi connectivity index (χ4n) is 1.42. The Morgan fingerprint density at radius 2 is 2.12 bits per heavy atom. The zero-order valence-corrected chi connectivity index (χ0v) is 9.43. The highest BCUT2D eigenvalue weighted by atomic mass is 19.2. The van der Waals surface area contributed by atoms with Crippen LogP contribution in [0.4, 0.5) is 14.5 Å². The molecule has 0 radical (unpaired) electrons. The van der Waals surface area contributed by atoms with E-state index >= 15 is 0 Å². The maximum Gasteiger partial charge on any atom is 0.183 e. The highest BCUT2D eigenvalue weighted by Gasteiger charge is 2.14. The van der Waals surface area contributed by atoms with Gasteiger partial charge in [-0.2, -0.15) is 5.26 Å². The Kier molecular flexibility index (Phi) is 4.48. The minimum Gasteiger partial charge on any atom is -0.369 e. The quantitative estimate of drug-likeness (QED) is 0.813. The zero-order valence-electron chi connectivity index (χ0n) is 9.43. The van der Waals surface area contributed by atoms with E-state index in [1.54, 1.807) is 6.07 Å². The SMILES string of the molecule is C#CC(CCC)Nc1ccc(C#N)c(F)c1F. The molecule has 1 aromatic carbocycles. The number of hydrogen-bond donors (Lipinski definition) is 1. The number of nitriles is 1. The number of halogens is 2. The largest absolute Gasteiger partial charge is 0.369 e. The van der Waals surface area contributed by atoms with Crippen LogP contribution in [0.2, 0.25) is 0 Å². The summed E-state index contributed by atoms with van der Waals surface area (Å²) in [5, 5.41) is 11.3. The third-order valence-corrected chi connectivity index (χ3v) is 2.31. The van der Waals surface area contributed by atoms with Crippen molar-refractivity contribution in [2.24, 2.45) is 0 Å². The Morgan fingerprint density at radius 3 is 2.65 bits per heavy atom. The lowest BCUT2D eigenvalue weighted by atomic mass is 10.1. The molecule has 0 aliphatic carbocycles. The molecule has 2 nitrogen and oxygen atoms in total. The van der Waals surface area contributed by atoms with Gasteiger partial charge in [0, 0.05) is 0 Å². The van der Waals surface area contributed by atoms with Gasteiger partial charge in [-0.1, -0.05) is 19.3 Å². The van der Waals surface area contributed by atoms with Gasteiger partial charge in [0.15, 0.2) is 11.6 Å². The summed E-state index contributed by atoms with van der Waals surface area (Å²) in [5.74, 6) is 0.244. The second kappa shape index (κ2) is 5.86. The molecule has 0 amide bonds. The van der Waals surface area contributed by atoms with Crippen LogP contribution in [0, 0.1) is 35.3 Å². The first-order valence-electron chi connectivity index (χ1n) is 5.24. The highest BCUT2D eigenvalue weighted by molar-refractivity contribution is 5.51.